The van der Waals surface area contributed by atoms with Gasteiger partial charge in [-0.15, -0.1) is 0 Å². The van der Waals surface area contributed by atoms with Crippen LogP contribution in [0.25, 0.3) is 0 Å². The van der Waals surface area contributed by atoms with Gasteiger partial charge < -0.3 is 25.2 Å². The number of amides is 2. The van der Waals surface area contributed by atoms with Gasteiger partial charge in [-0.05, 0) is 18.6 Å². The molecule has 0 saturated carbocycles. The van der Waals surface area contributed by atoms with E-state index in [0.717, 1.165) is 5.56 Å². The molecule has 7 heteroatoms. The summed E-state index contributed by atoms with van der Waals surface area (Å²) in [5, 5.41) is 9.74. The van der Waals surface area contributed by atoms with Gasteiger partial charge in [0.15, 0.2) is 6.10 Å². The quantitative estimate of drug-likeness (QED) is 0.780. The summed E-state index contributed by atoms with van der Waals surface area (Å²) in [7, 11) is 3.10. The maximum atomic E-state index is 12.4. The van der Waals surface area contributed by atoms with Crippen LogP contribution in [0, 0.1) is 0 Å². The smallest absolute Gasteiger partial charge is 0.252 e. The van der Waals surface area contributed by atoms with Crippen molar-refractivity contribution in [2.75, 3.05) is 20.8 Å². The van der Waals surface area contributed by atoms with Gasteiger partial charge in [0.05, 0.1) is 19.8 Å². The van der Waals surface area contributed by atoms with E-state index in [9.17, 15) is 14.7 Å². The Balaban J connectivity index is 2.19. The third-order valence-corrected chi connectivity index (χ3v) is 3.72. The summed E-state index contributed by atoms with van der Waals surface area (Å²) in [5.41, 5.74) is 5.90. The molecule has 1 unspecified atom stereocenters. The zero-order valence-electron chi connectivity index (χ0n) is 13.1. The van der Waals surface area contributed by atoms with Crippen molar-refractivity contribution < 1.29 is 24.2 Å². The predicted molar refractivity (Wildman–Crippen MR) is 82.9 cm³/mol. The van der Waals surface area contributed by atoms with Crippen LogP contribution in [0.1, 0.15) is 12.0 Å². The van der Waals surface area contributed by atoms with E-state index >= 15 is 0 Å². The molecule has 1 atom stereocenters. The minimum absolute atomic E-state index is 0.0243. The van der Waals surface area contributed by atoms with Crippen molar-refractivity contribution in [3.63, 3.8) is 0 Å². The SMILES string of the molecule is COc1ccc(CN2CCC=C(C(O)C(N)=O)C2=O)c(OC)c1. The number of primary amides is 1. The van der Waals surface area contributed by atoms with E-state index in [-0.39, 0.29) is 5.57 Å². The Hall–Kier alpha value is -2.54. The number of nitrogens with two attached hydrogens (primary N) is 1. The van der Waals surface area contributed by atoms with Crippen LogP contribution in [0.3, 0.4) is 0 Å². The Labute approximate surface area is 134 Å². The molecule has 23 heavy (non-hydrogen) atoms. The fraction of sp³-hybridized carbons (Fsp3) is 0.375. The van der Waals surface area contributed by atoms with E-state index in [1.54, 1.807) is 37.3 Å². The number of aliphatic hydroxyl groups is 1. The lowest BCUT2D eigenvalue weighted by Crippen LogP contribution is -2.42. The van der Waals surface area contributed by atoms with Gasteiger partial charge in [0.25, 0.3) is 11.8 Å². The first-order chi connectivity index (χ1) is 11.0. The molecule has 0 bridgehead atoms. The summed E-state index contributed by atoms with van der Waals surface area (Å²) in [4.78, 5) is 25.1. The second-order valence-corrected chi connectivity index (χ2v) is 5.16. The standard InChI is InChI=1S/C16H20N2O5/c1-22-11-6-5-10(13(8-11)23-2)9-18-7-3-4-12(16(18)21)14(19)15(17)20/h4-6,8,14,19H,3,7,9H2,1-2H3,(H2,17,20). The molecular weight excluding hydrogens is 300 g/mol. The van der Waals surface area contributed by atoms with Crippen LogP contribution in [0.2, 0.25) is 0 Å². The van der Waals surface area contributed by atoms with Crippen LogP contribution in [0.5, 0.6) is 11.5 Å². The lowest BCUT2D eigenvalue weighted by atomic mass is 10.0. The highest BCUT2D eigenvalue weighted by Gasteiger charge is 2.30. The molecule has 0 radical (unpaired) electrons. The molecule has 2 amide bonds. The molecule has 0 saturated heterocycles. The number of hydrogen-bond donors (Lipinski definition) is 2. The maximum Gasteiger partial charge on any atom is 0.252 e. The van der Waals surface area contributed by atoms with Gasteiger partial charge in [0.1, 0.15) is 11.5 Å². The highest BCUT2D eigenvalue weighted by atomic mass is 16.5. The molecule has 124 valence electrons. The third kappa shape index (κ3) is 3.62. The Morgan fingerprint density at radius 3 is 2.74 bits per heavy atom. The minimum atomic E-state index is -1.58. The molecule has 1 heterocycles. The van der Waals surface area contributed by atoms with Gasteiger partial charge in [-0.1, -0.05) is 6.08 Å². The summed E-state index contributed by atoms with van der Waals surface area (Å²) in [6, 6.07) is 5.33. The Kier molecular flexibility index (Phi) is 5.23. The first-order valence-corrected chi connectivity index (χ1v) is 7.15. The van der Waals surface area contributed by atoms with Crippen molar-refractivity contribution in [2.24, 2.45) is 5.73 Å². The molecule has 0 fully saturated rings. The normalized spacial score (nSPS) is 15.9. The Morgan fingerprint density at radius 1 is 1.39 bits per heavy atom. The van der Waals surface area contributed by atoms with Gasteiger partial charge in [-0.25, -0.2) is 0 Å². The lowest BCUT2D eigenvalue weighted by molar-refractivity contribution is -0.133. The summed E-state index contributed by atoms with van der Waals surface area (Å²) >= 11 is 0. The zero-order valence-corrected chi connectivity index (χ0v) is 13.1. The molecule has 0 spiro atoms. The topological polar surface area (TPSA) is 102 Å². The summed E-state index contributed by atoms with van der Waals surface area (Å²) in [6.45, 7) is 0.790. The summed E-state index contributed by atoms with van der Waals surface area (Å²) < 4.78 is 10.5. The van der Waals surface area contributed by atoms with Crippen LogP contribution < -0.4 is 15.2 Å². The highest BCUT2D eigenvalue weighted by Crippen LogP contribution is 2.27. The molecule has 1 aromatic carbocycles. The van der Waals surface area contributed by atoms with Crippen LogP contribution in [0.4, 0.5) is 0 Å². The number of nitrogens with zero attached hydrogens (tertiary/aromatic N) is 1. The molecule has 0 aliphatic carbocycles. The van der Waals surface area contributed by atoms with E-state index in [1.807, 2.05) is 6.07 Å². The molecule has 1 aromatic rings. The first kappa shape index (κ1) is 16.8. The minimum Gasteiger partial charge on any atom is -0.497 e. The van der Waals surface area contributed by atoms with E-state index in [2.05, 4.69) is 0 Å². The monoisotopic (exact) mass is 320 g/mol. The van der Waals surface area contributed by atoms with E-state index in [4.69, 9.17) is 15.2 Å². The zero-order chi connectivity index (χ0) is 17.0. The van der Waals surface area contributed by atoms with Crippen molar-refractivity contribution in [1.29, 1.82) is 0 Å². The molecule has 2 rings (SSSR count). The number of aliphatic hydroxyl groups excluding tert-OH is 1. The van der Waals surface area contributed by atoms with Crippen LogP contribution in [-0.4, -0.2) is 48.7 Å². The van der Waals surface area contributed by atoms with Gasteiger partial charge in [0, 0.05) is 24.7 Å². The van der Waals surface area contributed by atoms with Crippen LogP contribution in [0.15, 0.2) is 29.8 Å². The highest BCUT2D eigenvalue weighted by molar-refractivity contribution is 6.01. The molecule has 3 N–H and O–H groups in total. The van der Waals surface area contributed by atoms with Crippen molar-refractivity contribution in [3.8, 4) is 11.5 Å². The molecular formula is C16H20N2O5. The third-order valence-electron chi connectivity index (χ3n) is 3.72. The first-order valence-electron chi connectivity index (χ1n) is 7.15. The average Bonchev–Trinajstić information content (AvgIpc) is 2.56. The van der Waals surface area contributed by atoms with Crippen molar-refractivity contribution in [1.82, 2.24) is 4.90 Å². The lowest BCUT2D eigenvalue weighted by Gasteiger charge is -2.29. The number of ether oxygens (including phenoxy) is 2. The Bertz CT molecular complexity index is 641. The van der Waals surface area contributed by atoms with Crippen molar-refractivity contribution >= 4 is 11.8 Å². The van der Waals surface area contributed by atoms with E-state index in [1.165, 1.54) is 0 Å². The maximum absolute atomic E-state index is 12.4. The van der Waals surface area contributed by atoms with E-state index in [0.29, 0.717) is 31.0 Å². The summed E-state index contributed by atoms with van der Waals surface area (Å²) in [6.07, 6.45) is 0.520. The van der Waals surface area contributed by atoms with Gasteiger partial charge in [-0.3, -0.25) is 9.59 Å². The number of rotatable bonds is 6. The van der Waals surface area contributed by atoms with E-state index < -0.39 is 17.9 Å². The number of methoxy groups -OCH3 is 2. The molecule has 7 nitrogen and oxygen atoms in total. The van der Waals surface area contributed by atoms with Gasteiger partial charge in [-0.2, -0.15) is 0 Å². The number of benzene rings is 1. The second kappa shape index (κ2) is 7.15. The predicted octanol–water partition coefficient (Wildman–Crippen LogP) is 0.209. The molecule has 1 aliphatic heterocycles. The number of carbonyl (C=O) groups is 2. The number of carbonyl (C=O) groups excluding carboxylic acids is 2. The average molecular weight is 320 g/mol. The number of hydrogen-bond acceptors (Lipinski definition) is 5. The van der Waals surface area contributed by atoms with Crippen molar-refractivity contribution in [2.45, 2.75) is 19.1 Å². The molecule has 1 aliphatic rings. The Morgan fingerprint density at radius 2 is 2.13 bits per heavy atom. The van der Waals surface area contributed by atoms with Crippen LogP contribution >= 0.6 is 0 Å². The van der Waals surface area contributed by atoms with Crippen LogP contribution in [-0.2, 0) is 16.1 Å². The summed E-state index contributed by atoms with van der Waals surface area (Å²) in [5.74, 6) is -0.0853. The fourth-order valence-corrected chi connectivity index (χ4v) is 2.47. The van der Waals surface area contributed by atoms with Gasteiger partial charge in [0.2, 0.25) is 0 Å². The van der Waals surface area contributed by atoms with Gasteiger partial charge >= 0.3 is 0 Å². The largest absolute Gasteiger partial charge is 0.497 e. The second-order valence-electron chi connectivity index (χ2n) is 5.16. The fourth-order valence-electron chi connectivity index (χ4n) is 2.47. The van der Waals surface area contributed by atoms with Crippen molar-refractivity contribution in [3.05, 3.63) is 35.4 Å². The molecule has 0 aromatic heterocycles.